The molecule has 1 fully saturated rings. The lowest BCUT2D eigenvalue weighted by molar-refractivity contribution is -0.126. The molecule has 1 aliphatic rings. The Balaban J connectivity index is 1.29. The van der Waals surface area contributed by atoms with Crippen LogP contribution >= 0.6 is 0 Å². The first-order chi connectivity index (χ1) is 15.3. The minimum Gasteiger partial charge on any atom is -0.352 e. The van der Waals surface area contributed by atoms with Crippen molar-refractivity contribution in [3.8, 4) is 0 Å². The van der Waals surface area contributed by atoms with Gasteiger partial charge in [0.2, 0.25) is 5.91 Å². The van der Waals surface area contributed by atoms with E-state index >= 15 is 0 Å². The number of imidazole rings is 2. The van der Waals surface area contributed by atoms with Gasteiger partial charge in [0.05, 0.1) is 6.33 Å². The molecule has 1 amide bonds. The van der Waals surface area contributed by atoms with E-state index in [2.05, 4.69) is 21.4 Å². The van der Waals surface area contributed by atoms with Crippen LogP contribution in [-0.2, 0) is 35.0 Å². The summed E-state index contributed by atoms with van der Waals surface area (Å²) in [6.45, 7) is 3.57. The van der Waals surface area contributed by atoms with E-state index in [4.69, 9.17) is 0 Å². The summed E-state index contributed by atoms with van der Waals surface area (Å²) in [5.74, 6) is 0.420. The first-order valence-electron chi connectivity index (χ1n) is 10.6. The van der Waals surface area contributed by atoms with Crippen LogP contribution in [0.2, 0.25) is 0 Å². The molecule has 170 valence electrons. The first-order valence-corrected chi connectivity index (χ1v) is 12.1. The molecule has 9 nitrogen and oxygen atoms in total. The van der Waals surface area contributed by atoms with Crippen molar-refractivity contribution in [3.63, 3.8) is 0 Å². The van der Waals surface area contributed by atoms with Gasteiger partial charge in [-0.3, -0.25) is 4.79 Å². The van der Waals surface area contributed by atoms with Gasteiger partial charge >= 0.3 is 0 Å². The number of carbonyl (C=O) groups excluding carboxylic acids is 1. The number of hydrogen-bond acceptors (Lipinski definition) is 5. The van der Waals surface area contributed by atoms with E-state index in [0.29, 0.717) is 38.3 Å². The second kappa shape index (κ2) is 9.25. The predicted molar refractivity (Wildman–Crippen MR) is 119 cm³/mol. The topological polar surface area (TPSA) is 102 Å². The zero-order valence-corrected chi connectivity index (χ0v) is 19.1. The maximum absolute atomic E-state index is 12.8. The fraction of sp³-hybridized carbons (Fsp3) is 0.409. The van der Waals surface area contributed by atoms with Crippen LogP contribution in [0.4, 0.5) is 0 Å². The van der Waals surface area contributed by atoms with E-state index in [9.17, 15) is 13.2 Å². The molecule has 0 saturated carbocycles. The van der Waals surface area contributed by atoms with Crippen molar-refractivity contribution in [2.75, 3.05) is 13.1 Å². The van der Waals surface area contributed by atoms with Gasteiger partial charge in [0.1, 0.15) is 5.82 Å². The zero-order valence-electron chi connectivity index (χ0n) is 18.3. The summed E-state index contributed by atoms with van der Waals surface area (Å²) in [5.41, 5.74) is 2.17. The summed E-state index contributed by atoms with van der Waals surface area (Å²) in [6, 6.07) is 8.09. The summed E-state index contributed by atoms with van der Waals surface area (Å²) in [7, 11) is -1.86. The maximum Gasteiger partial charge on any atom is 0.262 e. The van der Waals surface area contributed by atoms with Gasteiger partial charge in [-0.15, -0.1) is 0 Å². The van der Waals surface area contributed by atoms with Crippen LogP contribution in [0.15, 0.2) is 54.2 Å². The molecule has 0 unspecified atom stereocenters. The molecule has 3 heterocycles. The molecule has 0 aliphatic carbocycles. The molecule has 0 atom stereocenters. The minimum absolute atomic E-state index is 0.0317. The van der Waals surface area contributed by atoms with E-state index < -0.39 is 10.0 Å². The molecule has 32 heavy (non-hydrogen) atoms. The molecule has 1 N–H and O–H groups in total. The third-order valence-corrected chi connectivity index (χ3v) is 7.67. The van der Waals surface area contributed by atoms with Gasteiger partial charge in [0, 0.05) is 57.7 Å². The second-order valence-corrected chi connectivity index (χ2v) is 10.1. The highest BCUT2D eigenvalue weighted by Gasteiger charge is 2.33. The summed E-state index contributed by atoms with van der Waals surface area (Å²) in [4.78, 5) is 20.9. The highest BCUT2D eigenvalue weighted by Crippen LogP contribution is 2.23. The quantitative estimate of drug-likeness (QED) is 0.583. The third-order valence-electron chi connectivity index (χ3n) is 5.90. The largest absolute Gasteiger partial charge is 0.352 e. The van der Waals surface area contributed by atoms with E-state index in [0.717, 1.165) is 17.7 Å². The molecular formula is C22H28N6O3S. The highest BCUT2D eigenvalue weighted by atomic mass is 32.2. The number of rotatable bonds is 7. The third kappa shape index (κ3) is 4.91. The number of benzene rings is 1. The van der Waals surface area contributed by atoms with Gasteiger partial charge in [-0.2, -0.15) is 4.31 Å². The fourth-order valence-electron chi connectivity index (χ4n) is 3.90. The van der Waals surface area contributed by atoms with E-state index in [1.807, 2.05) is 29.0 Å². The molecule has 1 aliphatic heterocycles. The lowest BCUT2D eigenvalue weighted by atomic mass is 9.97. The fourth-order valence-corrected chi connectivity index (χ4v) is 5.40. The minimum atomic E-state index is -3.63. The van der Waals surface area contributed by atoms with Crippen molar-refractivity contribution in [1.82, 2.24) is 28.7 Å². The molecular weight excluding hydrogens is 428 g/mol. The Morgan fingerprint density at radius 1 is 1.22 bits per heavy atom. The number of nitrogens with one attached hydrogen (secondary N) is 1. The lowest BCUT2D eigenvalue weighted by Crippen LogP contribution is -2.43. The van der Waals surface area contributed by atoms with Gasteiger partial charge in [-0.1, -0.05) is 24.3 Å². The number of carbonyl (C=O) groups is 1. The van der Waals surface area contributed by atoms with Gasteiger partial charge in [-0.25, -0.2) is 18.4 Å². The van der Waals surface area contributed by atoms with Crippen LogP contribution in [0.3, 0.4) is 0 Å². The molecule has 0 spiro atoms. The Morgan fingerprint density at radius 2 is 1.97 bits per heavy atom. The predicted octanol–water partition coefficient (Wildman–Crippen LogP) is 1.69. The summed E-state index contributed by atoms with van der Waals surface area (Å²) in [6.07, 6.45) is 7.96. The van der Waals surface area contributed by atoms with E-state index in [1.165, 1.54) is 10.5 Å². The van der Waals surface area contributed by atoms with Crippen LogP contribution < -0.4 is 5.32 Å². The van der Waals surface area contributed by atoms with Crippen LogP contribution in [0.25, 0.3) is 0 Å². The average molecular weight is 457 g/mol. The average Bonchev–Trinajstić information content (AvgIpc) is 3.42. The van der Waals surface area contributed by atoms with Crippen molar-refractivity contribution >= 4 is 15.9 Å². The maximum atomic E-state index is 12.8. The van der Waals surface area contributed by atoms with Crippen molar-refractivity contribution in [2.24, 2.45) is 13.0 Å². The van der Waals surface area contributed by atoms with Gasteiger partial charge in [-0.05, 0) is 30.9 Å². The normalized spacial score (nSPS) is 15.7. The van der Waals surface area contributed by atoms with Crippen molar-refractivity contribution < 1.29 is 13.2 Å². The Kier molecular flexibility index (Phi) is 6.43. The molecule has 0 bridgehead atoms. The van der Waals surface area contributed by atoms with Crippen molar-refractivity contribution in [3.05, 3.63) is 66.1 Å². The summed E-state index contributed by atoms with van der Waals surface area (Å²) < 4.78 is 30.8. The number of aromatic nitrogens is 4. The number of sulfonamides is 1. The number of nitrogens with zero attached hydrogens (tertiary/aromatic N) is 5. The van der Waals surface area contributed by atoms with Crippen molar-refractivity contribution in [1.29, 1.82) is 0 Å². The second-order valence-electron chi connectivity index (χ2n) is 8.19. The molecule has 2 aromatic heterocycles. The molecule has 1 saturated heterocycles. The summed E-state index contributed by atoms with van der Waals surface area (Å²) >= 11 is 0. The number of amides is 1. The Hall–Kier alpha value is -2.98. The molecule has 3 aromatic rings. The Bertz CT molecular complexity index is 1160. The SMILES string of the molecule is Cc1nc(S(=O)(=O)N2CCC(C(=O)NCc3cccc(Cn4ccnc4)c3)CC2)cn1C. The highest BCUT2D eigenvalue weighted by molar-refractivity contribution is 7.89. The first kappa shape index (κ1) is 22.2. The molecule has 4 rings (SSSR count). The van der Waals surface area contributed by atoms with Gasteiger partial charge in [0.15, 0.2) is 5.03 Å². The van der Waals surface area contributed by atoms with Gasteiger partial charge in [0.25, 0.3) is 10.0 Å². The standard InChI is InChI=1S/C22H28N6O3S/c1-17-25-21(15-26(17)2)32(30,31)28-9-6-20(7-10-28)22(29)24-13-18-4-3-5-19(12-18)14-27-11-8-23-16-27/h3-5,8,11-12,15-16,20H,6-7,9-10,13-14H2,1-2H3,(H,24,29). The monoisotopic (exact) mass is 456 g/mol. The molecule has 10 heteroatoms. The van der Waals surface area contributed by atoms with E-state index in [-0.39, 0.29) is 16.9 Å². The number of aryl methyl sites for hydroxylation is 2. The Labute approximate surface area is 188 Å². The lowest BCUT2D eigenvalue weighted by Gasteiger charge is -2.30. The Morgan fingerprint density at radius 3 is 2.62 bits per heavy atom. The van der Waals surface area contributed by atoms with Crippen LogP contribution in [0.1, 0.15) is 29.8 Å². The zero-order chi connectivity index (χ0) is 22.7. The summed E-state index contributed by atoms with van der Waals surface area (Å²) in [5, 5.41) is 3.07. The molecule has 0 radical (unpaired) electrons. The van der Waals surface area contributed by atoms with Crippen LogP contribution in [0.5, 0.6) is 0 Å². The van der Waals surface area contributed by atoms with Crippen molar-refractivity contribution in [2.45, 2.75) is 37.9 Å². The number of piperidine rings is 1. The van der Waals surface area contributed by atoms with Crippen LogP contribution in [0, 0.1) is 12.8 Å². The van der Waals surface area contributed by atoms with Gasteiger partial charge < -0.3 is 14.5 Å². The molecule has 1 aromatic carbocycles. The number of hydrogen-bond donors (Lipinski definition) is 1. The van der Waals surface area contributed by atoms with E-state index in [1.54, 1.807) is 31.1 Å². The smallest absolute Gasteiger partial charge is 0.262 e. The van der Waals surface area contributed by atoms with Crippen LogP contribution in [-0.4, -0.2) is 50.8 Å².